The molecule has 1 aliphatic heterocycles. The highest BCUT2D eigenvalue weighted by Gasteiger charge is 2.40. The Morgan fingerprint density at radius 1 is 1.24 bits per heavy atom. The molecule has 2 aliphatic rings. The first-order chi connectivity index (χ1) is 10.1. The lowest BCUT2D eigenvalue weighted by molar-refractivity contribution is 0.191. The highest BCUT2D eigenvalue weighted by Crippen LogP contribution is 2.44. The summed E-state index contributed by atoms with van der Waals surface area (Å²) in [6.45, 7) is 5.19. The van der Waals surface area contributed by atoms with Crippen LogP contribution in [-0.4, -0.2) is 33.4 Å². The molecule has 3 rings (SSSR count). The van der Waals surface area contributed by atoms with E-state index in [1.165, 1.54) is 24.3 Å². The van der Waals surface area contributed by atoms with E-state index in [2.05, 4.69) is 19.0 Å². The topological polar surface area (TPSA) is 64.9 Å². The van der Waals surface area contributed by atoms with Crippen LogP contribution in [0.2, 0.25) is 0 Å². The number of hydrogen-bond donors (Lipinski definition) is 1. The summed E-state index contributed by atoms with van der Waals surface area (Å²) < 4.78 is 5.67. The number of nitrogens with zero attached hydrogens (tertiary/aromatic N) is 2. The molecule has 0 amide bonds. The van der Waals surface area contributed by atoms with Crippen LogP contribution in [0.25, 0.3) is 0 Å². The first kappa shape index (κ1) is 15.7. The number of rotatable bonds is 3. The van der Waals surface area contributed by atoms with Gasteiger partial charge in [0.05, 0.1) is 10.7 Å². The summed E-state index contributed by atoms with van der Waals surface area (Å²) in [6, 6.07) is 0. The van der Waals surface area contributed by atoms with Gasteiger partial charge in [-0.15, -0.1) is 11.8 Å². The van der Waals surface area contributed by atoms with Gasteiger partial charge in [0.2, 0.25) is 5.89 Å². The fourth-order valence-corrected chi connectivity index (χ4v) is 5.98. The molecule has 1 saturated heterocycles. The van der Waals surface area contributed by atoms with E-state index in [4.69, 9.17) is 15.2 Å². The zero-order valence-electron chi connectivity index (χ0n) is 12.9. The molecule has 2 fully saturated rings. The van der Waals surface area contributed by atoms with Crippen molar-refractivity contribution in [3.05, 3.63) is 11.7 Å². The van der Waals surface area contributed by atoms with Crippen molar-refractivity contribution in [1.29, 1.82) is 0 Å². The molecular weight excluding hydrogens is 302 g/mol. The molecule has 0 spiro atoms. The second-order valence-corrected chi connectivity index (χ2v) is 9.23. The van der Waals surface area contributed by atoms with E-state index in [1.807, 2.05) is 23.5 Å². The monoisotopic (exact) mass is 327 g/mol. The van der Waals surface area contributed by atoms with Gasteiger partial charge in [-0.2, -0.15) is 16.7 Å². The molecule has 2 N–H and O–H groups in total. The predicted molar refractivity (Wildman–Crippen MR) is 89.8 cm³/mol. The van der Waals surface area contributed by atoms with Crippen LogP contribution in [0, 0.1) is 5.92 Å². The molecule has 0 aromatic carbocycles. The van der Waals surface area contributed by atoms with Crippen molar-refractivity contribution in [2.45, 2.75) is 55.4 Å². The van der Waals surface area contributed by atoms with E-state index >= 15 is 0 Å². The number of thioether (sulfide) groups is 2. The Balaban J connectivity index is 1.80. The Bertz CT molecular complexity index is 471. The fraction of sp³-hybridized carbons (Fsp3) is 0.867. The Morgan fingerprint density at radius 3 is 2.62 bits per heavy atom. The van der Waals surface area contributed by atoms with Gasteiger partial charge < -0.3 is 10.3 Å². The van der Waals surface area contributed by atoms with Gasteiger partial charge in [-0.05, 0) is 31.6 Å². The quantitative estimate of drug-likeness (QED) is 0.918. The third-order valence-corrected chi connectivity index (χ3v) is 8.05. The number of nitrogens with two attached hydrogens (primary N) is 1. The van der Waals surface area contributed by atoms with Gasteiger partial charge in [-0.3, -0.25) is 0 Å². The second kappa shape index (κ2) is 6.50. The van der Waals surface area contributed by atoms with E-state index in [-0.39, 0.29) is 5.41 Å². The zero-order valence-corrected chi connectivity index (χ0v) is 14.5. The minimum absolute atomic E-state index is 0.0759. The van der Waals surface area contributed by atoms with Crippen molar-refractivity contribution in [3.8, 4) is 0 Å². The number of hydrogen-bond acceptors (Lipinski definition) is 6. The van der Waals surface area contributed by atoms with Crippen LogP contribution >= 0.6 is 23.5 Å². The predicted octanol–water partition coefficient (Wildman–Crippen LogP) is 3.39. The van der Waals surface area contributed by atoms with Crippen molar-refractivity contribution >= 4 is 23.5 Å². The summed E-state index contributed by atoms with van der Waals surface area (Å²) >= 11 is 3.96. The standard InChI is InChI=1S/C15H25N3OS2/c1-10-3-5-15(9-16,6-4-10)14-17-13(18-19-14)12-11(2)20-7-8-21-12/h10-12H,3-9,16H2,1-2H3. The summed E-state index contributed by atoms with van der Waals surface area (Å²) in [4.78, 5) is 4.78. The normalized spacial score (nSPS) is 37.6. The third kappa shape index (κ3) is 3.13. The highest BCUT2D eigenvalue weighted by atomic mass is 32.2. The molecule has 2 heterocycles. The van der Waals surface area contributed by atoms with E-state index in [9.17, 15) is 0 Å². The maximum atomic E-state index is 6.09. The Labute approximate surface area is 135 Å². The molecule has 21 heavy (non-hydrogen) atoms. The van der Waals surface area contributed by atoms with Gasteiger partial charge in [0, 0.05) is 23.3 Å². The molecule has 1 aromatic heterocycles. The van der Waals surface area contributed by atoms with Gasteiger partial charge in [0.1, 0.15) is 0 Å². The van der Waals surface area contributed by atoms with Crippen LogP contribution in [0.4, 0.5) is 0 Å². The van der Waals surface area contributed by atoms with Gasteiger partial charge in [0.15, 0.2) is 5.82 Å². The maximum absolute atomic E-state index is 6.09. The summed E-state index contributed by atoms with van der Waals surface area (Å²) in [5.74, 6) is 4.84. The van der Waals surface area contributed by atoms with Crippen LogP contribution in [0.3, 0.4) is 0 Å². The maximum Gasteiger partial charge on any atom is 0.234 e. The zero-order chi connectivity index (χ0) is 14.9. The van der Waals surface area contributed by atoms with Gasteiger partial charge in [-0.25, -0.2) is 0 Å². The average Bonchev–Trinajstić information content (AvgIpc) is 2.99. The molecule has 2 unspecified atom stereocenters. The van der Waals surface area contributed by atoms with E-state index in [1.54, 1.807) is 0 Å². The first-order valence-electron chi connectivity index (χ1n) is 7.92. The fourth-order valence-electron chi connectivity index (χ4n) is 3.30. The van der Waals surface area contributed by atoms with Crippen LogP contribution in [0.5, 0.6) is 0 Å². The lowest BCUT2D eigenvalue weighted by Gasteiger charge is -2.35. The SMILES string of the molecule is CC1CCC(CN)(c2nc(C3SCCSC3C)no2)CC1. The summed E-state index contributed by atoms with van der Waals surface area (Å²) in [6.07, 6.45) is 4.57. The smallest absolute Gasteiger partial charge is 0.234 e. The molecule has 1 saturated carbocycles. The molecule has 1 aliphatic carbocycles. The van der Waals surface area contributed by atoms with E-state index in [0.29, 0.717) is 17.0 Å². The molecule has 6 heteroatoms. The van der Waals surface area contributed by atoms with Crippen molar-refractivity contribution in [2.75, 3.05) is 18.1 Å². The third-order valence-electron chi connectivity index (χ3n) is 4.96. The summed E-state index contributed by atoms with van der Waals surface area (Å²) in [5, 5.41) is 5.21. The second-order valence-electron chi connectivity index (χ2n) is 6.49. The van der Waals surface area contributed by atoms with Crippen molar-refractivity contribution in [3.63, 3.8) is 0 Å². The van der Waals surface area contributed by atoms with Crippen molar-refractivity contribution < 1.29 is 4.52 Å². The number of aromatic nitrogens is 2. The van der Waals surface area contributed by atoms with Crippen LogP contribution in [0.15, 0.2) is 4.52 Å². The van der Waals surface area contributed by atoms with Gasteiger partial charge in [0.25, 0.3) is 0 Å². The minimum Gasteiger partial charge on any atom is -0.339 e. The summed E-state index contributed by atoms with van der Waals surface area (Å²) in [7, 11) is 0. The average molecular weight is 328 g/mol. The molecule has 0 bridgehead atoms. The lowest BCUT2D eigenvalue weighted by atomic mass is 9.71. The summed E-state index contributed by atoms with van der Waals surface area (Å²) in [5.41, 5.74) is 6.02. The Kier molecular flexibility index (Phi) is 4.86. The van der Waals surface area contributed by atoms with E-state index in [0.717, 1.165) is 30.5 Å². The minimum atomic E-state index is -0.0759. The molecule has 1 aromatic rings. The molecule has 2 atom stereocenters. The van der Waals surface area contributed by atoms with E-state index < -0.39 is 0 Å². The molecule has 118 valence electrons. The van der Waals surface area contributed by atoms with Crippen LogP contribution in [-0.2, 0) is 5.41 Å². The lowest BCUT2D eigenvalue weighted by Crippen LogP contribution is -2.39. The Morgan fingerprint density at radius 2 is 1.95 bits per heavy atom. The van der Waals surface area contributed by atoms with Crippen LogP contribution in [0.1, 0.15) is 56.5 Å². The molecular formula is C15H25N3OS2. The molecule has 0 radical (unpaired) electrons. The van der Waals surface area contributed by atoms with Crippen molar-refractivity contribution in [1.82, 2.24) is 10.1 Å². The van der Waals surface area contributed by atoms with Gasteiger partial charge >= 0.3 is 0 Å². The largest absolute Gasteiger partial charge is 0.339 e. The van der Waals surface area contributed by atoms with Crippen molar-refractivity contribution in [2.24, 2.45) is 11.7 Å². The van der Waals surface area contributed by atoms with Gasteiger partial charge in [-0.1, -0.05) is 19.0 Å². The Hall–Kier alpha value is -0.200. The van der Waals surface area contributed by atoms with Crippen LogP contribution < -0.4 is 5.73 Å². The highest BCUT2D eigenvalue weighted by molar-refractivity contribution is 8.06. The first-order valence-corrected chi connectivity index (χ1v) is 10.0. The molecule has 4 nitrogen and oxygen atoms in total.